The van der Waals surface area contributed by atoms with Gasteiger partial charge in [0.05, 0.1) is 17.2 Å². The molecule has 0 amide bonds. The minimum absolute atomic E-state index is 0.0113. The predicted molar refractivity (Wildman–Crippen MR) is 75.6 cm³/mol. The Kier molecular flexibility index (Phi) is 5.18. The molecule has 0 saturated heterocycles. The number of nitrogens with one attached hydrogen (secondary N) is 1. The van der Waals surface area contributed by atoms with Gasteiger partial charge in [0, 0.05) is 6.20 Å². The van der Waals surface area contributed by atoms with E-state index < -0.39 is 15.3 Å². The number of nitrogens with two attached hydrogens (primary N) is 1. The number of rotatable bonds is 6. The lowest BCUT2D eigenvalue weighted by Gasteiger charge is -2.15. The van der Waals surface area contributed by atoms with Crippen LogP contribution in [0.2, 0.25) is 0 Å². The maximum atomic E-state index is 12.0. The molecule has 18 heavy (non-hydrogen) atoms. The zero-order chi connectivity index (χ0) is 13.8. The van der Waals surface area contributed by atoms with Crippen molar-refractivity contribution in [1.29, 1.82) is 0 Å². The second kappa shape index (κ2) is 6.21. The Hall–Kier alpha value is -1.05. The molecule has 7 heteroatoms. The molecule has 0 aromatic carbocycles. The standard InChI is InChI=1S/C11H17N3O2S2/c1-3-10(11(12)17)18(15,16)14-7-9-8(2)5-4-6-13-9/h4-6,10,14H,3,7H2,1-2H3,(H2,12,17). The van der Waals surface area contributed by atoms with Crippen LogP contribution in [0, 0.1) is 6.92 Å². The first-order chi connectivity index (χ1) is 8.38. The van der Waals surface area contributed by atoms with Gasteiger partial charge >= 0.3 is 0 Å². The maximum absolute atomic E-state index is 12.0. The first kappa shape index (κ1) is 15.0. The number of sulfonamides is 1. The van der Waals surface area contributed by atoms with Crippen LogP contribution in [0.3, 0.4) is 0 Å². The van der Waals surface area contributed by atoms with Gasteiger partial charge in [0.1, 0.15) is 5.25 Å². The van der Waals surface area contributed by atoms with E-state index in [-0.39, 0.29) is 11.5 Å². The molecule has 0 radical (unpaired) electrons. The highest BCUT2D eigenvalue weighted by Gasteiger charge is 2.26. The fourth-order valence-electron chi connectivity index (χ4n) is 1.55. The molecule has 1 heterocycles. The van der Waals surface area contributed by atoms with Crippen LogP contribution >= 0.6 is 12.2 Å². The van der Waals surface area contributed by atoms with Gasteiger partial charge in [-0.15, -0.1) is 0 Å². The number of hydrogen-bond acceptors (Lipinski definition) is 4. The third-order valence-corrected chi connectivity index (χ3v) is 4.94. The summed E-state index contributed by atoms with van der Waals surface area (Å²) in [4.78, 5) is 4.11. The molecule has 0 aliphatic carbocycles. The first-order valence-corrected chi connectivity index (χ1v) is 7.52. The monoisotopic (exact) mass is 287 g/mol. The third-order valence-electron chi connectivity index (χ3n) is 2.62. The van der Waals surface area contributed by atoms with Gasteiger partial charge < -0.3 is 5.73 Å². The fourth-order valence-corrected chi connectivity index (χ4v) is 3.38. The fraction of sp³-hybridized carbons (Fsp3) is 0.455. The smallest absolute Gasteiger partial charge is 0.221 e. The summed E-state index contributed by atoms with van der Waals surface area (Å²) in [6.45, 7) is 3.75. The van der Waals surface area contributed by atoms with E-state index in [0.29, 0.717) is 12.1 Å². The minimum atomic E-state index is -3.54. The van der Waals surface area contributed by atoms with Crippen LogP contribution in [-0.4, -0.2) is 23.6 Å². The lowest BCUT2D eigenvalue weighted by atomic mass is 10.2. The molecule has 1 aromatic rings. The van der Waals surface area contributed by atoms with Gasteiger partial charge in [-0.25, -0.2) is 13.1 Å². The summed E-state index contributed by atoms with van der Waals surface area (Å²) >= 11 is 4.76. The molecule has 0 saturated carbocycles. The van der Waals surface area contributed by atoms with Gasteiger partial charge in [0.2, 0.25) is 10.0 Å². The van der Waals surface area contributed by atoms with Crippen molar-refractivity contribution in [3.8, 4) is 0 Å². The van der Waals surface area contributed by atoms with Crippen molar-refractivity contribution in [1.82, 2.24) is 9.71 Å². The lowest BCUT2D eigenvalue weighted by Crippen LogP contribution is -2.41. The van der Waals surface area contributed by atoms with Crippen molar-refractivity contribution in [2.45, 2.75) is 32.1 Å². The van der Waals surface area contributed by atoms with Crippen molar-refractivity contribution >= 4 is 27.2 Å². The maximum Gasteiger partial charge on any atom is 0.221 e. The summed E-state index contributed by atoms with van der Waals surface area (Å²) in [5.74, 6) is 0. The number of pyridine rings is 1. The third kappa shape index (κ3) is 3.72. The van der Waals surface area contributed by atoms with E-state index in [4.69, 9.17) is 18.0 Å². The molecular weight excluding hydrogens is 270 g/mol. The van der Waals surface area contributed by atoms with Crippen molar-refractivity contribution < 1.29 is 8.42 Å². The van der Waals surface area contributed by atoms with Gasteiger partial charge in [-0.2, -0.15) is 0 Å². The van der Waals surface area contributed by atoms with Crippen molar-refractivity contribution in [3.05, 3.63) is 29.6 Å². The molecule has 0 aliphatic heterocycles. The van der Waals surface area contributed by atoms with Gasteiger partial charge in [-0.05, 0) is 25.0 Å². The van der Waals surface area contributed by atoms with Crippen molar-refractivity contribution in [2.24, 2.45) is 5.73 Å². The highest BCUT2D eigenvalue weighted by molar-refractivity contribution is 7.93. The second-order valence-electron chi connectivity index (χ2n) is 3.93. The molecule has 0 aliphatic rings. The molecule has 0 bridgehead atoms. The van der Waals surface area contributed by atoms with E-state index in [1.54, 1.807) is 19.2 Å². The van der Waals surface area contributed by atoms with E-state index in [2.05, 4.69) is 9.71 Å². The lowest BCUT2D eigenvalue weighted by molar-refractivity contribution is 0.573. The van der Waals surface area contributed by atoms with Gasteiger partial charge in [-0.1, -0.05) is 25.2 Å². The quantitative estimate of drug-likeness (QED) is 0.759. The zero-order valence-corrected chi connectivity index (χ0v) is 12.0. The summed E-state index contributed by atoms with van der Waals surface area (Å²) in [5.41, 5.74) is 7.06. The van der Waals surface area contributed by atoms with Crippen LogP contribution in [-0.2, 0) is 16.6 Å². The van der Waals surface area contributed by atoms with Crippen molar-refractivity contribution in [3.63, 3.8) is 0 Å². The van der Waals surface area contributed by atoms with Crippen LogP contribution in [0.25, 0.3) is 0 Å². The van der Waals surface area contributed by atoms with E-state index >= 15 is 0 Å². The van der Waals surface area contributed by atoms with Crippen LogP contribution in [0.1, 0.15) is 24.6 Å². The molecule has 1 aromatic heterocycles. The summed E-state index contributed by atoms with van der Waals surface area (Å²) < 4.78 is 26.5. The Morgan fingerprint density at radius 2 is 2.28 bits per heavy atom. The first-order valence-electron chi connectivity index (χ1n) is 5.56. The van der Waals surface area contributed by atoms with Crippen LogP contribution in [0.4, 0.5) is 0 Å². The predicted octanol–water partition coefficient (Wildman–Crippen LogP) is 0.874. The van der Waals surface area contributed by atoms with Gasteiger partial charge in [-0.3, -0.25) is 4.98 Å². The van der Waals surface area contributed by atoms with E-state index in [1.165, 1.54) is 0 Å². The van der Waals surface area contributed by atoms with E-state index in [1.807, 2.05) is 13.0 Å². The molecule has 3 N–H and O–H groups in total. The Bertz CT molecular complexity index is 529. The summed E-state index contributed by atoms with van der Waals surface area (Å²) in [6.07, 6.45) is 1.98. The van der Waals surface area contributed by atoms with Crippen molar-refractivity contribution in [2.75, 3.05) is 0 Å². The summed E-state index contributed by atoms with van der Waals surface area (Å²) in [6, 6.07) is 3.68. The number of nitrogens with zero attached hydrogens (tertiary/aromatic N) is 1. The topological polar surface area (TPSA) is 85.1 Å². The number of aromatic nitrogens is 1. The van der Waals surface area contributed by atoms with Crippen LogP contribution in [0.15, 0.2) is 18.3 Å². The average Bonchev–Trinajstić information content (AvgIpc) is 2.28. The second-order valence-corrected chi connectivity index (χ2v) is 6.35. The molecule has 1 atom stereocenters. The van der Waals surface area contributed by atoms with E-state index in [9.17, 15) is 8.42 Å². The molecule has 5 nitrogen and oxygen atoms in total. The molecular formula is C11H17N3O2S2. The Labute approximate surface area is 113 Å². The van der Waals surface area contributed by atoms with Crippen LogP contribution in [0.5, 0.6) is 0 Å². The van der Waals surface area contributed by atoms with Crippen LogP contribution < -0.4 is 10.5 Å². The molecule has 0 spiro atoms. The minimum Gasteiger partial charge on any atom is -0.392 e. The Morgan fingerprint density at radius 3 is 2.78 bits per heavy atom. The van der Waals surface area contributed by atoms with E-state index in [0.717, 1.165) is 5.56 Å². The summed E-state index contributed by atoms with van der Waals surface area (Å²) in [5, 5.41) is -0.837. The normalized spacial score (nSPS) is 13.2. The SMILES string of the molecule is CCC(C(N)=S)S(=O)(=O)NCc1ncccc1C. The average molecular weight is 287 g/mol. The molecule has 0 fully saturated rings. The van der Waals surface area contributed by atoms with Gasteiger partial charge in [0.15, 0.2) is 0 Å². The molecule has 1 rings (SSSR count). The molecule has 100 valence electrons. The number of thiocarbonyl (C=S) groups is 1. The highest BCUT2D eigenvalue weighted by atomic mass is 32.2. The zero-order valence-electron chi connectivity index (χ0n) is 10.4. The van der Waals surface area contributed by atoms with Gasteiger partial charge in [0.25, 0.3) is 0 Å². The number of aryl methyl sites for hydroxylation is 1. The Morgan fingerprint density at radius 1 is 1.61 bits per heavy atom. The Balaban J connectivity index is 2.79. The largest absolute Gasteiger partial charge is 0.392 e. The molecule has 1 unspecified atom stereocenters. The highest BCUT2D eigenvalue weighted by Crippen LogP contribution is 2.08. The number of hydrogen-bond donors (Lipinski definition) is 2. The summed E-state index contributed by atoms with van der Waals surface area (Å²) in [7, 11) is -3.54.